The number of aromatic amines is 1. The summed E-state index contributed by atoms with van der Waals surface area (Å²) < 4.78 is 0. The van der Waals surface area contributed by atoms with Gasteiger partial charge in [0, 0.05) is 43.2 Å². The lowest BCUT2D eigenvalue weighted by atomic mass is 10.2. The average Bonchev–Trinajstić information content (AvgIpc) is 2.95. The molecule has 3 rings (SSSR count). The van der Waals surface area contributed by atoms with E-state index in [2.05, 4.69) is 44.5 Å². The minimum atomic E-state index is -0.140. The fourth-order valence-electron chi connectivity index (χ4n) is 2.60. The van der Waals surface area contributed by atoms with Gasteiger partial charge < -0.3 is 15.1 Å². The maximum absolute atomic E-state index is 12.1. The van der Waals surface area contributed by atoms with Gasteiger partial charge in [-0.05, 0) is 38.2 Å². The number of aryl methyl sites for hydroxylation is 1. The Morgan fingerprint density at radius 2 is 1.86 bits per heavy atom. The summed E-state index contributed by atoms with van der Waals surface area (Å²) in [4.78, 5) is 16.8. The maximum Gasteiger partial charge on any atom is 0.259 e. The summed E-state index contributed by atoms with van der Waals surface area (Å²) in [5.74, 6) is -0.140. The SMILES string of the molecule is Cc1[nH]ncc1C(=O)Nc1ccc(N2CCN(C)CC2)cc1. The second kappa shape index (κ2) is 6.19. The van der Waals surface area contributed by atoms with Gasteiger partial charge in [0.2, 0.25) is 0 Å². The van der Waals surface area contributed by atoms with Gasteiger partial charge in [-0.15, -0.1) is 0 Å². The van der Waals surface area contributed by atoms with Crippen molar-refractivity contribution in [2.75, 3.05) is 43.4 Å². The third-order valence-corrected chi connectivity index (χ3v) is 4.07. The largest absolute Gasteiger partial charge is 0.369 e. The Morgan fingerprint density at radius 1 is 1.18 bits per heavy atom. The Balaban J connectivity index is 1.64. The van der Waals surface area contributed by atoms with Crippen LogP contribution in [0.1, 0.15) is 16.1 Å². The summed E-state index contributed by atoms with van der Waals surface area (Å²) in [7, 11) is 2.15. The molecule has 0 atom stereocenters. The molecule has 1 amide bonds. The van der Waals surface area contributed by atoms with Crippen molar-refractivity contribution in [3.8, 4) is 0 Å². The van der Waals surface area contributed by atoms with E-state index in [1.807, 2.05) is 19.1 Å². The van der Waals surface area contributed by atoms with Crippen LogP contribution in [0.2, 0.25) is 0 Å². The topological polar surface area (TPSA) is 64.3 Å². The van der Waals surface area contributed by atoms with Crippen LogP contribution < -0.4 is 10.2 Å². The summed E-state index contributed by atoms with van der Waals surface area (Å²) in [5, 5.41) is 9.54. The predicted octanol–water partition coefficient (Wildman–Crippen LogP) is 1.72. The highest BCUT2D eigenvalue weighted by Gasteiger charge is 2.15. The lowest BCUT2D eigenvalue weighted by Gasteiger charge is -2.34. The van der Waals surface area contributed by atoms with Gasteiger partial charge in [0.05, 0.1) is 11.8 Å². The second-order valence-electron chi connectivity index (χ2n) is 5.70. The van der Waals surface area contributed by atoms with E-state index in [9.17, 15) is 4.79 Å². The van der Waals surface area contributed by atoms with Gasteiger partial charge in [0.25, 0.3) is 5.91 Å². The van der Waals surface area contributed by atoms with E-state index in [0.29, 0.717) is 5.56 Å². The van der Waals surface area contributed by atoms with E-state index in [1.54, 1.807) is 6.20 Å². The van der Waals surface area contributed by atoms with Crippen LogP contribution in [-0.2, 0) is 0 Å². The first-order valence-corrected chi connectivity index (χ1v) is 7.48. The van der Waals surface area contributed by atoms with Crippen molar-refractivity contribution in [3.63, 3.8) is 0 Å². The highest BCUT2D eigenvalue weighted by Crippen LogP contribution is 2.20. The number of carbonyl (C=O) groups excluding carboxylic acids is 1. The fourth-order valence-corrected chi connectivity index (χ4v) is 2.60. The number of hydrogen-bond donors (Lipinski definition) is 2. The van der Waals surface area contributed by atoms with Crippen molar-refractivity contribution in [3.05, 3.63) is 41.7 Å². The Bertz CT molecular complexity index is 641. The van der Waals surface area contributed by atoms with E-state index in [0.717, 1.165) is 37.6 Å². The number of anilines is 2. The molecule has 2 N–H and O–H groups in total. The highest BCUT2D eigenvalue weighted by molar-refractivity contribution is 6.04. The first-order chi connectivity index (χ1) is 10.6. The number of benzene rings is 1. The Morgan fingerprint density at radius 3 is 2.45 bits per heavy atom. The van der Waals surface area contributed by atoms with Gasteiger partial charge >= 0.3 is 0 Å². The lowest BCUT2D eigenvalue weighted by molar-refractivity contribution is 0.102. The zero-order valence-corrected chi connectivity index (χ0v) is 13.0. The molecule has 1 aromatic carbocycles. The monoisotopic (exact) mass is 299 g/mol. The van der Waals surface area contributed by atoms with Gasteiger partial charge in [0.1, 0.15) is 0 Å². The molecule has 1 aliphatic rings. The van der Waals surface area contributed by atoms with Crippen molar-refractivity contribution < 1.29 is 4.79 Å². The molecule has 0 saturated carbocycles. The van der Waals surface area contributed by atoms with Crippen LogP contribution >= 0.6 is 0 Å². The molecule has 0 bridgehead atoms. The number of nitrogens with one attached hydrogen (secondary N) is 2. The minimum Gasteiger partial charge on any atom is -0.369 e. The number of piperazine rings is 1. The van der Waals surface area contributed by atoms with Crippen molar-refractivity contribution in [1.82, 2.24) is 15.1 Å². The number of hydrogen-bond acceptors (Lipinski definition) is 4. The number of rotatable bonds is 3. The van der Waals surface area contributed by atoms with E-state index < -0.39 is 0 Å². The van der Waals surface area contributed by atoms with Crippen molar-refractivity contribution >= 4 is 17.3 Å². The molecule has 1 aliphatic heterocycles. The van der Waals surface area contributed by atoms with Crippen LogP contribution in [0.25, 0.3) is 0 Å². The lowest BCUT2D eigenvalue weighted by Crippen LogP contribution is -2.44. The number of aromatic nitrogens is 2. The van der Waals surface area contributed by atoms with Crippen LogP contribution in [0, 0.1) is 6.92 Å². The van der Waals surface area contributed by atoms with Crippen LogP contribution in [-0.4, -0.2) is 54.2 Å². The zero-order chi connectivity index (χ0) is 15.5. The van der Waals surface area contributed by atoms with Gasteiger partial charge in [-0.25, -0.2) is 0 Å². The van der Waals surface area contributed by atoms with Gasteiger partial charge in [-0.2, -0.15) is 5.10 Å². The smallest absolute Gasteiger partial charge is 0.259 e. The molecule has 0 spiro atoms. The molecule has 116 valence electrons. The van der Waals surface area contributed by atoms with E-state index >= 15 is 0 Å². The minimum absolute atomic E-state index is 0.140. The molecule has 0 radical (unpaired) electrons. The molecular weight excluding hydrogens is 278 g/mol. The standard InChI is InChI=1S/C16H21N5O/c1-12-15(11-17-19-12)16(22)18-13-3-5-14(6-4-13)21-9-7-20(2)8-10-21/h3-6,11H,7-10H2,1-2H3,(H,17,19)(H,18,22). The predicted molar refractivity (Wildman–Crippen MR) is 87.4 cm³/mol. The van der Waals surface area contributed by atoms with Gasteiger partial charge in [-0.1, -0.05) is 0 Å². The molecule has 1 aromatic heterocycles. The van der Waals surface area contributed by atoms with Gasteiger partial charge in [0.15, 0.2) is 0 Å². The molecule has 0 unspecified atom stereocenters. The molecule has 1 fully saturated rings. The molecule has 0 aliphatic carbocycles. The van der Waals surface area contributed by atoms with Crippen molar-refractivity contribution in [2.45, 2.75) is 6.92 Å². The molecule has 2 heterocycles. The molecular formula is C16H21N5O. The number of amides is 1. The summed E-state index contributed by atoms with van der Waals surface area (Å²) in [6.07, 6.45) is 1.54. The molecule has 2 aromatic rings. The summed E-state index contributed by atoms with van der Waals surface area (Å²) in [5.41, 5.74) is 3.34. The summed E-state index contributed by atoms with van der Waals surface area (Å²) in [6, 6.07) is 8.01. The van der Waals surface area contributed by atoms with Gasteiger partial charge in [-0.3, -0.25) is 9.89 Å². The number of carbonyl (C=O) groups is 1. The number of nitrogens with zero attached hydrogens (tertiary/aromatic N) is 3. The van der Waals surface area contributed by atoms with E-state index in [-0.39, 0.29) is 5.91 Å². The van der Waals surface area contributed by atoms with Crippen molar-refractivity contribution in [2.24, 2.45) is 0 Å². The average molecular weight is 299 g/mol. The molecule has 6 nitrogen and oxygen atoms in total. The van der Waals surface area contributed by atoms with Crippen LogP contribution in [0.3, 0.4) is 0 Å². The van der Waals surface area contributed by atoms with E-state index in [1.165, 1.54) is 5.69 Å². The number of H-pyrrole nitrogens is 1. The number of likely N-dealkylation sites (N-methyl/N-ethyl adjacent to an activating group) is 1. The third-order valence-electron chi connectivity index (χ3n) is 4.07. The second-order valence-corrected chi connectivity index (χ2v) is 5.70. The first kappa shape index (κ1) is 14.6. The van der Waals surface area contributed by atoms with Crippen LogP contribution in [0.5, 0.6) is 0 Å². The van der Waals surface area contributed by atoms with Crippen molar-refractivity contribution in [1.29, 1.82) is 0 Å². The molecule has 6 heteroatoms. The first-order valence-electron chi connectivity index (χ1n) is 7.48. The molecule has 22 heavy (non-hydrogen) atoms. The summed E-state index contributed by atoms with van der Waals surface area (Å²) in [6.45, 7) is 6.07. The maximum atomic E-state index is 12.1. The van der Waals surface area contributed by atoms with Crippen LogP contribution in [0.4, 0.5) is 11.4 Å². The third kappa shape index (κ3) is 3.12. The van der Waals surface area contributed by atoms with Crippen LogP contribution in [0.15, 0.2) is 30.5 Å². The van der Waals surface area contributed by atoms with E-state index in [4.69, 9.17) is 0 Å². The highest BCUT2D eigenvalue weighted by atomic mass is 16.1. The molecule has 1 saturated heterocycles. The Labute approximate surface area is 130 Å². The normalized spacial score (nSPS) is 15.8. The zero-order valence-electron chi connectivity index (χ0n) is 13.0. The quantitative estimate of drug-likeness (QED) is 0.906. The fraction of sp³-hybridized carbons (Fsp3) is 0.375. The Kier molecular flexibility index (Phi) is 4.11. The Hall–Kier alpha value is -2.34. The summed E-state index contributed by atoms with van der Waals surface area (Å²) >= 11 is 0.